The molecule has 3 nitrogen and oxygen atoms in total. The second-order valence-corrected chi connectivity index (χ2v) is 2.95. The van der Waals surface area contributed by atoms with Crippen molar-refractivity contribution in [2.24, 2.45) is 5.92 Å². The van der Waals surface area contributed by atoms with Crippen LogP contribution < -0.4 is 5.32 Å². The van der Waals surface area contributed by atoms with E-state index in [2.05, 4.69) is 19.2 Å². The van der Waals surface area contributed by atoms with E-state index in [1.165, 1.54) is 0 Å². The van der Waals surface area contributed by atoms with Gasteiger partial charge >= 0.3 is 6.03 Å². The minimum atomic E-state index is -0.00898. The fourth-order valence-corrected chi connectivity index (χ4v) is 0.870. The van der Waals surface area contributed by atoms with Gasteiger partial charge in [-0.1, -0.05) is 20.3 Å². The van der Waals surface area contributed by atoms with Crippen molar-refractivity contribution in [3.8, 4) is 0 Å². The lowest BCUT2D eigenvalue weighted by molar-refractivity contribution is 0.203. The number of hydrogen-bond acceptors (Lipinski definition) is 1. The summed E-state index contributed by atoms with van der Waals surface area (Å²) in [5.74, 6) is 0.581. The van der Waals surface area contributed by atoms with Crippen LogP contribution in [-0.2, 0) is 0 Å². The summed E-state index contributed by atoms with van der Waals surface area (Å²) in [6.07, 6.45) is 1.11. The van der Waals surface area contributed by atoms with Crippen LogP contribution in [0.2, 0.25) is 0 Å². The maximum Gasteiger partial charge on any atom is 0.316 e. The number of amides is 2. The largest absolute Gasteiger partial charge is 0.341 e. The molecule has 2 amide bonds. The molecule has 11 heavy (non-hydrogen) atoms. The average molecular weight is 158 g/mol. The Morgan fingerprint density at radius 1 is 1.64 bits per heavy atom. The molecular weight excluding hydrogens is 140 g/mol. The normalized spacial score (nSPS) is 12.4. The standard InChI is InChI=1S/C8H18N2O/c1-5-7(2)6-10(4)8(11)9-3/h7H,5-6H2,1-4H3,(H,9,11). The minimum absolute atomic E-state index is 0.00898. The first-order valence-corrected chi connectivity index (χ1v) is 4.04. The number of hydrogen-bond donors (Lipinski definition) is 1. The lowest BCUT2D eigenvalue weighted by Crippen LogP contribution is -2.37. The van der Waals surface area contributed by atoms with Crippen molar-refractivity contribution >= 4 is 6.03 Å². The highest BCUT2D eigenvalue weighted by Gasteiger charge is 2.08. The lowest BCUT2D eigenvalue weighted by atomic mass is 10.1. The van der Waals surface area contributed by atoms with Gasteiger partial charge in [-0.15, -0.1) is 0 Å². The number of urea groups is 1. The SMILES string of the molecule is CCC(C)CN(C)C(=O)NC. The minimum Gasteiger partial charge on any atom is -0.341 e. The average Bonchev–Trinajstić information content (AvgIpc) is 2.02. The molecule has 3 heteroatoms. The van der Waals surface area contributed by atoms with Gasteiger partial charge in [-0.3, -0.25) is 0 Å². The third-order valence-corrected chi connectivity index (χ3v) is 1.84. The van der Waals surface area contributed by atoms with Gasteiger partial charge in [0.25, 0.3) is 0 Å². The Hall–Kier alpha value is -0.730. The smallest absolute Gasteiger partial charge is 0.316 e. The molecule has 0 aromatic rings. The van der Waals surface area contributed by atoms with Gasteiger partial charge in [-0.2, -0.15) is 0 Å². The van der Waals surface area contributed by atoms with E-state index in [-0.39, 0.29) is 6.03 Å². The first-order chi connectivity index (χ1) is 5.11. The summed E-state index contributed by atoms with van der Waals surface area (Å²) < 4.78 is 0. The Bertz CT molecular complexity index is 125. The molecular formula is C8H18N2O. The van der Waals surface area contributed by atoms with Crippen LogP contribution in [0.4, 0.5) is 4.79 Å². The van der Waals surface area contributed by atoms with Crippen molar-refractivity contribution in [2.75, 3.05) is 20.6 Å². The molecule has 0 heterocycles. The number of nitrogens with one attached hydrogen (secondary N) is 1. The monoisotopic (exact) mass is 158 g/mol. The summed E-state index contributed by atoms with van der Waals surface area (Å²) in [6.45, 7) is 5.10. The number of nitrogens with zero attached hydrogens (tertiary/aromatic N) is 1. The van der Waals surface area contributed by atoms with E-state index in [1.807, 2.05) is 7.05 Å². The number of carbonyl (C=O) groups excluding carboxylic acids is 1. The molecule has 66 valence electrons. The van der Waals surface area contributed by atoms with Gasteiger partial charge in [0.2, 0.25) is 0 Å². The molecule has 0 aliphatic rings. The van der Waals surface area contributed by atoms with E-state index >= 15 is 0 Å². The van der Waals surface area contributed by atoms with Crippen LogP contribution in [0.3, 0.4) is 0 Å². The molecule has 0 aromatic heterocycles. The van der Waals surface area contributed by atoms with E-state index in [0.717, 1.165) is 13.0 Å². The summed E-state index contributed by atoms with van der Waals surface area (Å²) >= 11 is 0. The van der Waals surface area contributed by atoms with Crippen molar-refractivity contribution in [3.05, 3.63) is 0 Å². The Morgan fingerprint density at radius 3 is 2.55 bits per heavy atom. The third kappa shape index (κ3) is 3.86. The van der Waals surface area contributed by atoms with Crippen molar-refractivity contribution in [1.82, 2.24) is 10.2 Å². The fraction of sp³-hybridized carbons (Fsp3) is 0.875. The second-order valence-electron chi connectivity index (χ2n) is 2.95. The maximum atomic E-state index is 11.0. The summed E-state index contributed by atoms with van der Waals surface area (Å²) in [5, 5.41) is 2.58. The van der Waals surface area contributed by atoms with Crippen molar-refractivity contribution in [3.63, 3.8) is 0 Å². The molecule has 0 fully saturated rings. The zero-order valence-electron chi connectivity index (χ0n) is 7.85. The van der Waals surface area contributed by atoms with Crippen molar-refractivity contribution in [2.45, 2.75) is 20.3 Å². The molecule has 1 atom stereocenters. The highest BCUT2D eigenvalue weighted by molar-refractivity contribution is 5.73. The summed E-state index contributed by atoms with van der Waals surface area (Å²) in [6, 6.07) is -0.00898. The van der Waals surface area contributed by atoms with E-state index in [1.54, 1.807) is 11.9 Å². The van der Waals surface area contributed by atoms with E-state index < -0.39 is 0 Å². The van der Waals surface area contributed by atoms with Gasteiger partial charge in [-0.05, 0) is 5.92 Å². The van der Waals surface area contributed by atoms with Crippen LogP contribution in [-0.4, -0.2) is 31.6 Å². The molecule has 1 unspecified atom stereocenters. The first kappa shape index (κ1) is 10.3. The molecule has 0 aliphatic carbocycles. The van der Waals surface area contributed by atoms with Crippen molar-refractivity contribution in [1.29, 1.82) is 0 Å². The topological polar surface area (TPSA) is 32.3 Å². The van der Waals surface area contributed by atoms with Crippen LogP contribution >= 0.6 is 0 Å². The maximum absolute atomic E-state index is 11.0. The predicted octanol–water partition coefficient (Wildman–Crippen LogP) is 1.30. The molecule has 0 aliphatic heterocycles. The first-order valence-electron chi connectivity index (χ1n) is 4.04. The molecule has 0 aromatic carbocycles. The van der Waals surface area contributed by atoms with Crippen molar-refractivity contribution < 1.29 is 4.79 Å². The van der Waals surface area contributed by atoms with Gasteiger partial charge in [0.15, 0.2) is 0 Å². The molecule has 0 saturated carbocycles. The van der Waals surface area contributed by atoms with Gasteiger partial charge in [0, 0.05) is 20.6 Å². The number of rotatable bonds is 3. The summed E-state index contributed by atoms with van der Waals surface area (Å²) in [5.41, 5.74) is 0. The lowest BCUT2D eigenvalue weighted by Gasteiger charge is -2.19. The fourth-order valence-electron chi connectivity index (χ4n) is 0.870. The molecule has 0 saturated heterocycles. The van der Waals surface area contributed by atoms with Gasteiger partial charge in [0.1, 0.15) is 0 Å². The van der Waals surface area contributed by atoms with Crippen LogP contribution in [0.25, 0.3) is 0 Å². The van der Waals surface area contributed by atoms with Gasteiger partial charge in [0.05, 0.1) is 0 Å². The second kappa shape index (κ2) is 4.99. The molecule has 0 radical (unpaired) electrons. The van der Waals surface area contributed by atoms with E-state index in [4.69, 9.17) is 0 Å². The Kier molecular flexibility index (Phi) is 4.66. The molecule has 0 bridgehead atoms. The third-order valence-electron chi connectivity index (χ3n) is 1.84. The molecule has 0 rings (SSSR count). The van der Waals surface area contributed by atoms with E-state index in [9.17, 15) is 4.79 Å². The highest BCUT2D eigenvalue weighted by atomic mass is 16.2. The van der Waals surface area contributed by atoms with Gasteiger partial charge in [-0.25, -0.2) is 4.79 Å². The number of carbonyl (C=O) groups is 1. The summed E-state index contributed by atoms with van der Waals surface area (Å²) in [4.78, 5) is 12.7. The predicted molar refractivity (Wildman–Crippen MR) is 46.5 cm³/mol. The molecule has 0 spiro atoms. The van der Waals surface area contributed by atoms with Crippen LogP contribution in [0, 0.1) is 5.92 Å². The zero-order valence-corrected chi connectivity index (χ0v) is 7.85. The molecule has 1 N–H and O–H groups in total. The Balaban J connectivity index is 3.67. The quantitative estimate of drug-likeness (QED) is 0.659. The Morgan fingerprint density at radius 2 is 2.18 bits per heavy atom. The van der Waals surface area contributed by atoms with Crippen LogP contribution in [0.1, 0.15) is 20.3 Å². The highest BCUT2D eigenvalue weighted by Crippen LogP contribution is 2.01. The summed E-state index contributed by atoms with van der Waals surface area (Å²) in [7, 11) is 3.46. The van der Waals surface area contributed by atoms with Gasteiger partial charge < -0.3 is 10.2 Å². The Labute approximate surface area is 68.8 Å². The zero-order chi connectivity index (χ0) is 8.85. The van der Waals surface area contributed by atoms with E-state index in [0.29, 0.717) is 5.92 Å². The van der Waals surface area contributed by atoms with Crippen LogP contribution in [0.15, 0.2) is 0 Å². The van der Waals surface area contributed by atoms with Crippen LogP contribution in [0.5, 0.6) is 0 Å².